The van der Waals surface area contributed by atoms with E-state index < -0.39 is 0 Å². The molecule has 1 aliphatic carbocycles. The van der Waals surface area contributed by atoms with Gasteiger partial charge in [0.05, 0.1) is 0 Å². The van der Waals surface area contributed by atoms with E-state index in [2.05, 4.69) is 50.1 Å². The summed E-state index contributed by atoms with van der Waals surface area (Å²) in [5.74, 6) is 0.374. The molecule has 1 atom stereocenters. The minimum absolute atomic E-state index is 0.374. The zero-order valence-electron chi connectivity index (χ0n) is 10.0. The molecule has 0 fully saturated rings. The van der Waals surface area contributed by atoms with Gasteiger partial charge in [0.1, 0.15) is 0 Å². The summed E-state index contributed by atoms with van der Waals surface area (Å²) in [5.41, 5.74) is 9.79. The molecule has 0 aromatic heterocycles. The van der Waals surface area contributed by atoms with Gasteiger partial charge in [0.15, 0.2) is 0 Å². The number of allylic oxidation sites excluding steroid dienone is 4. The monoisotopic (exact) mass is 213 g/mol. The summed E-state index contributed by atoms with van der Waals surface area (Å²) in [6.45, 7) is 9.92. The zero-order valence-corrected chi connectivity index (χ0v) is 10.0. The van der Waals surface area contributed by atoms with Crippen LogP contribution in [0.3, 0.4) is 0 Å². The van der Waals surface area contributed by atoms with E-state index in [1.807, 2.05) is 12.2 Å². The van der Waals surface area contributed by atoms with Crippen LogP contribution in [0.2, 0.25) is 0 Å². The van der Waals surface area contributed by atoms with Crippen molar-refractivity contribution in [2.75, 3.05) is 7.05 Å². The molecule has 0 saturated carbocycles. The summed E-state index contributed by atoms with van der Waals surface area (Å²) in [4.78, 5) is 0. The van der Waals surface area contributed by atoms with Crippen LogP contribution in [0.25, 0.3) is 5.57 Å². The van der Waals surface area contributed by atoms with Crippen molar-refractivity contribution in [3.63, 3.8) is 0 Å². The van der Waals surface area contributed by atoms with Gasteiger partial charge in [-0.2, -0.15) is 0 Å². The predicted octanol–water partition coefficient (Wildman–Crippen LogP) is 3.50. The highest BCUT2D eigenvalue weighted by molar-refractivity contribution is 5.84. The van der Waals surface area contributed by atoms with E-state index in [1.165, 1.54) is 29.3 Å². The van der Waals surface area contributed by atoms with Gasteiger partial charge in [-0.1, -0.05) is 48.6 Å². The average Bonchev–Trinajstić information content (AvgIpc) is 2.62. The Bertz CT molecular complexity index is 427. The fourth-order valence-electron chi connectivity index (χ4n) is 2.20. The molecule has 2 rings (SSSR count). The van der Waals surface area contributed by atoms with Crippen molar-refractivity contribution in [3.05, 3.63) is 66.3 Å². The molecular formula is C15H19N. The highest BCUT2D eigenvalue weighted by atomic mass is 14.4. The predicted molar refractivity (Wildman–Crippen MR) is 72.3 cm³/mol. The van der Waals surface area contributed by atoms with Crippen LogP contribution in [0.15, 0.2) is 55.1 Å². The lowest BCUT2D eigenvalue weighted by molar-refractivity contribution is 1.03. The Morgan fingerprint density at radius 3 is 2.38 bits per heavy atom. The molecular weight excluding hydrogens is 194 g/mol. The number of fused-ring (bicyclic) bond motifs is 1. The third-order valence-corrected chi connectivity index (χ3v) is 2.92. The van der Waals surface area contributed by atoms with E-state index >= 15 is 0 Å². The second-order valence-corrected chi connectivity index (χ2v) is 3.60. The molecule has 84 valence electrons. The van der Waals surface area contributed by atoms with Crippen molar-refractivity contribution in [2.45, 2.75) is 12.8 Å². The maximum absolute atomic E-state index is 4.50. The summed E-state index contributed by atoms with van der Waals surface area (Å²) >= 11 is 0. The van der Waals surface area contributed by atoms with Crippen molar-refractivity contribution in [3.8, 4) is 0 Å². The van der Waals surface area contributed by atoms with E-state index in [-0.39, 0.29) is 0 Å². The molecule has 0 spiro atoms. The summed E-state index contributed by atoms with van der Waals surface area (Å²) in [6, 6.07) is 8.47. The first-order valence-electron chi connectivity index (χ1n) is 5.42. The van der Waals surface area contributed by atoms with Gasteiger partial charge in [-0.25, -0.2) is 0 Å². The summed E-state index contributed by atoms with van der Waals surface area (Å²) in [5, 5.41) is 0. The Hall–Kier alpha value is -1.60. The largest absolute Gasteiger partial charge is 0.333 e. The Morgan fingerprint density at radius 2 is 1.81 bits per heavy atom. The highest BCUT2D eigenvalue weighted by Crippen LogP contribution is 2.42. The van der Waals surface area contributed by atoms with Crippen LogP contribution < -0.4 is 5.73 Å². The Kier molecular flexibility index (Phi) is 4.27. The zero-order chi connectivity index (χ0) is 12.1. The van der Waals surface area contributed by atoms with Crippen molar-refractivity contribution in [1.29, 1.82) is 0 Å². The smallest absolute Gasteiger partial charge is 0.0238 e. The first-order chi connectivity index (χ1) is 7.79. The van der Waals surface area contributed by atoms with Gasteiger partial charge < -0.3 is 5.73 Å². The lowest BCUT2D eigenvalue weighted by Gasteiger charge is -2.07. The van der Waals surface area contributed by atoms with Crippen molar-refractivity contribution in [1.82, 2.24) is 0 Å². The molecule has 0 saturated heterocycles. The SMILES string of the molecule is C=CC1=C(C)C(C=C)c2ccccc21.CN. The molecule has 0 amide bonds. The molecule has 1 nitrogen and oxygen atoms in total. The number of rotatable bonds is 2. The van der Waals surface area contributed by atoms with Crippen LogP contribution in [0.5, 0.6) is 0 Å². The summed E-state index contributed by atoms with van der Waals surface area (Å²) in [6.07, 6.45) is 3.95. The minimum atomic E-state index is 0.374. The van der Waals surface area contributed by atoms with Gasteiger partial charge in [-0.05, 0) is 30.7 Å². The molecule has 1 aliphatic rings. The highest BCUT2D eigenvalue weighted by Gasteiger charge is 2.23. The molecule has 0 heterocycles. The number of benzene rings is 1. The quantitative estimate of drug-likeness (QED) is 0.747. The van der Waals surface area contributed by atoms with Crippen LogP contribution in [0.4, 0.5) is 0 Å². The normalized spacial score (nSPS) is 17.3. The molecule has 0 bridgehead atoms. The van der Waals surface area contributed by atoms with Crippen molar-refractivity contribution >= 4 is 5.57 Å². The topological polar surface area (TPSA) is 26.0 Å². The minimum Gasteiger partial charge on any atom is -0.333 e. The first-order valence-corrected chi connectivity index (χ1v) is 5.42. The lowest BCUT2D eigenvalue weighted by atomic mass is 9.97. The summed E-state index contributed by atoms with van der Waals surface area (Å²) in [7, 11) is 1.50. The van der Waals surface area contributed by atoms with Gasteiger partial charge in [0.2, 0.25) is 0 Å². The van der Waals surface area contributed by atoms with Gasteiger partial charge in [0.25, 0.3) is 0 Å². The molecule has 1 aromatic rings. The van der Waals surface area contributed by atoms with Crippen molar-refractivity contribution in [2.24, 2.45) is 5.73 Å². The Balaban J connectivity index is 0.000000606. The number of nitrogens with two attached hydrogens (primary N) is 1. The molecule has 1 unspecified atom stereocenters. The van der Waals surface area contributed by atoms with E-state index in [1.54, 1.807) is 0 Å². The third kappa shape index (κ3) is 1.86. The second kappa shape index (κ2) is 5.47. The van der Waals surface area contributed by atoms with Crippen LogP contribution in [0, 0.1) is 0 Å². The standard InChI is InChI=1S/C14H14.CH5N/c1-4-11-10(3)12(5-2)14-9-7-6-8-13(11)14;1-2/h4-9,11H,1-2H2,3H3;2H2,1H3. The van der Waals surface area contributed by atoms with Gasteiger partial charge in [-0.15, -0.1) is 6.58 Å². The lowest BCUT2D eigenvalue weighted by Crippen LogP contribution is -1.90. The Morgan fingerprint density at radius 1 is 1.19 bits per heavy atom. The van der Waals surface area contributed by atoms with Gasteiger partial charge >= 0.3 is 0 Å². The first kappa shape index (κ1) is 12.5. The van der Waals surface area contributed by atoms with E-state index in [9.17, 15) is 0 Å². The molecule has 0 radical (unpaired) electrons. The fourth-order valence-corrected chi connectivity index (χ4v) is 2.20. The molecule has 2 N–H and O–H groups in total. The second-order valence-electron chi connectivity index (χ2n) is 3.60. The molecule has 16 heavy (non-hydrogen) atoms. The fraction of sp³-hybridized carbons (Fsp3) is 0.200. The summed E-state index contributed by atoms with van der Waals surface area (Å²) < 4.78 is 0. The maximum atomic E-state index is 4.50. The van der Waals surface area contributed by atoms with E-state index in [0.29, 0.717) is 5.92 Å². The maximum Gasteiger partial charge on any atom is 0.0238 e. The third-order valence-electron chi connectivity index (χ3n) is 2.92. The van der Waals surface area contributed by atoms with E-state index in [0.717, 1.165) is 0 Å². The van der Waals surface area contributed by atoms with Crippen LogP contribution in [0.1, 0.15) is 24.0 Å². The van der Waals surface area contributed by atoms with Gasteiger partial charge in [-0.3, -0.25) is 0 Å². The van der Waals surface area contributed by atoms with Crippen LogP contribution >= 0.6 is 0 Å². The average molecular weight is 213 g/mol. The molecule has 1 heteroatoms. The van der Waals surface area contributed by atoms with Crippen LogP contribution in [-0.2, 0) is 0 Å². The number of hydrogen-bond donors (Lipinski definition) is 1. The number of hydrogen-bond acceptors (Lipinski definition) is 1. The van der Waals surface area contributed by atoms with Gasteiger partial charge in [0, 0.05) is 5.92 Å². The molecule has 0 aliphatic heterocycles. The van der Waals surface area contributed by atoms with Crippen molar-refractivity contribution < 1.29 is 0 Å². The molecule has 1 aromatic carbocycles. The van der Waals surface area contributed by atoms with E-state index in [4.69, 9.17) is 0 Å². The Labute approximate surface area is 98.0 Å². The van der Waals surface area contributed by atoms with Crippen LogP contribution in [-0.4, -0.2) is 7.05 Å².